The van der Waals surface area contributed by atoms with Crippen molar-refractivity contribution in [1.29, 1.82) is 0 Å². The van der Waals surface area contributed by atoms with Crippen molar-refractivity contribution in [1.82, 2.24) is 10.6 Å². The molecule has 2 amide bonds. The number of hydrogen-bond acceptors (Lipinski definition) is 7. The molecule has 5 N–H and O–H groups in total. The summed E-state index contributed by atoms with van der Waals surface area (Å²) in [5, 5.41) is 34.1. The Kier molecular flexibility index (Phi) is 12.0. The van der Waals surface area contributed by atoms with Gasteiger partial charge in [-0.3, -0.25) is 19.2 Å². The molecule has 0 aromatic heterocycles. The standard InChI is InChI=1S/C22H36N2O8/c1-7-15(25)18(28)23-9-8-12(2)11-22(5,6)21(32)24-19(29)17(27)10-16(26)13(3)14(4)20(30)31/h12,16,21,26,32H,7-11H2,1-6H3,(H,23,28)(H,24,29)(H,30,31). The molecule has 10 heteroatoms. The van der Waals surface area contributed by atoms with Crippen LogP contribution in [0.15, 0.2) is 11.1 Å². The van der Waals surface area contributed by atoms with Gasteiger partial charge in [-0.15, -0.1) is 0 Å². The molecule has 0 rings (SSSR count). The fourth-order valence-electron chi connectivity index (χ4n) is 3.04. The summed E-state index contributed by atoms with van der Waals surface area (Å²) in [5.74, 6) is -4.39. The SMILES string of the molecule is CCC(=O)C(=O)NCCC(C)CC(C)(C)C(O)NC(=O)C(=O)CC(O)C(C)=C(C)C(=O)O. The Hall–Kier alpha value is -2.59. The van der Waals surface area contributed by atoms with Gasteiger partial charge in [-0.2, -0.15) is 0 Å². The van der Waals surface area contributed by atoms with Gasteiger partial charge in [0.15, 0.2) is 0 Å². The molecule has 0 radical (unpaired) electrons. The van der Waals surface area contributed by atoms with Crippen LogP contribution in [-0.2, 0) is 24.0 Å². The van der Waals surface area contributed by atoms with Gasteiger partial charge < -0.3 is 26.0 Å². The van der Waals surface area contributed by atoms with Gasteiger partial charge in [0.1, 0.15) is 6.23 Å². The van der Waals surface area contributed by atoms with E-state index < -0.39 is 53.5 Å². The number of carboxylic acids is 1. The van der Waals surface area contributed by atoms with Crippen molar-refractivity contribution >= 4 is 29.4 Å². The highest BCUT2D eigenvalue weighted by Crippen LogP contribution is 2.29. The van der Waals surface area contributed by atoms with E-state index in [9.17, 15) is 34.2 Å². The van der Waals surface area contributed by atoms with E-state index in [1.165, 1.54) is 13.8 Å². The van der Waals surface area contributed by atoms with Gasteiger partial charge in [-0.1, -0.05) is 27.7 Å². The van der Waals surface area contributed by atoms with Crippen LogP contribution in [0.1, 0.15) is 67.2 Å². The second-order valence-electron chi connectivity index (χ2n) is 8.75. The average molecular weight is 457 g/mol. The highest BCUT2D eigenvalue weighted by atomic mass is 16.4. The molecule has 0 aliphatic carbocycles. The summed E-state index contributed by atoms with van der Waals surface area (Å²) in [6.07, 6.45) is -2.27. The molecule has 0 aromatic carbocycles. The number of ketones is 2. The number of aliphatic hydroxyl groups excluding tert-OH is 2. The number of Topliss-reactive ketones (excluding diaryl/α,β-unsaturated/α-hetero) is 2. The lowest BCUT2D eigenvalue weighted by Crippen LogP contribution is -2.48. The fourth-order valence-corrected chi connectivity index (χ4v) is 3.04. The molecule has 0 saturated carbocycles. The number of carboxylic acid groups (broad SMARTS) is 1. The third-order valence-electron chi connectivity index (χ3n) is 5.42. The monoisotopic (exact) mass is 456 g/mol. The molecule has 0 heterocycles. The Labute approximate surface area is 188 Å². The summed E-state index contributed by atoms with van der Waals surface area (Å²) >= 11 is 0. The van der Waals surface area contributed by atoms with Gasteiger partial charge in [-0.25, -0.2) is 4.79 Å². The molecule has 10 nitrogen and oxygen atoms in total. The van der Waals surface area contributed by atoms with Gasteiger partial charge >= 0.3 is 5.97 Å². The summed E-state index contributed by atoms with van der Waals surface area (Å²) in [6, 6.07) is 0. The quantitative estimate of drug-likeness (QED) is 0.144. The average Bonchev–Trinajstić information content (AvgIpc) is 2.70. The minimum atomic E-state index is -1.43. The zero-order chi connectivity index (χ0) is 25.2. The number of aliphatic carboxylic acids is 1. The van der Waals surface area contributed by atoms with Crippen LogP contribution in [0.25, 0.3) is 0 Å². The molecular weight excluding hydrogens is 420 g/mol. The maximum Gasteiger partial charge on any atom is 0.331 e. The largest absolute Gasteiger partial charge is 0.478 e. The maximum absolute atomic E-state index is 12.1. The number of carbonyl (C=O) groups excluding carboxylic acids is 4. The highest BCUT2D eigenvalue weighted by molar-refractivity contribution is 6.36. The van der Waals surface area contributed by atoms with E-state index in [4.69, 9.17) is 5.11 Å². The van der Waals surface area contributed by atoms with Crippen LogP contribution in [0.3, 0.4) is 0 Å². The molecule has 0 bridgehead atoms. The number of nitrogens with one attached hydrogen (secondary N) is 2. The van der Waals surface area contributed by atoms with Gasteiger partial charge in [-0.05, 0) is 38.2 Å². The maximum atomic E-state index is 12.1. The first-order chi connectivity index (χ1) is 14.6. The molecule has 0 spiro atoms. The summed E-state index contributed by atoms with van der Waals surface area (Å²) in [7, 11) is 0. The van der Waals surface area contributed by atoms with Crippen molar-refractivity contribution in [3.63, 3.8) is 0 Å². The van der Waals surface area contributed by atoms with Crippen LogP contribution in [-0.4, -0.2) is 63.5 Å². The van der Waals surface area contributed by atoms with Gasteiger partial charge in [0.2, 0.25) is 11.6 Å². The van der Waals surface area contributed by atoms with E-state index in [1.54, 1.807) is 20.8 Å². The van der Waals surface area contributed by atoms with Gasteiger partial charge in [0, 0.05) is 30.4 Å². The minimum absolute atomic E-state index is 0.0258. The van der Waals surface area contributed by atoms with Crippen molar-refractivity contribution in [3.05, 3.63) is 11.1 Å². The van der Waals surface area contributed by atoms with Crippen molar-refractivity contribution in [2.45, 2.75) is 79.6 Å². The first-order valence-corrected chi connectivity index (χ1v) is 10.6. The van der Waals surface area contributed by atoms with Gasteiger partial charge in [0.05, 0.1) is 6.10 Å². The number of amides is 2. The number of aliphatic hydroxyl groups is 2. The fraction of sp³-hybridized carbons (Fsp3) is 0.682. The first-order valence-electron chi connectivity index (χ1n) is 10.6. The van der Waals surface area contributed by atoms with Crippen molar-refractivity contribution in [3.8, 4) is 0 Å². The molecule has 0 fully saturated rings. The summed E-state index contributed by atoms with van der Waals surface area (Å²) < 4.78 is 0. The lowest BCUT2D eigenvalue weighted by atomic mass is 9.80. The Bertz CT molecular complexity index is 757. The van der Waals surface area contributed by atoms with Crippen LogP contribution >= 0.6 is 0 Å². The smallest absolute Gasteiger partial charge is 0.331 e. The zero-order valence-electron chi connectivity index (χ0n) is 19.7. The number of hydrogen-bond donors (Lipinski definition) is 5. The first kappa shape index (κ1) is 29.4. The Morgan fingerprint density at radius 3 is 2.03 bits per heavy atom. The van der Waals surface area contributed by atoms with Crippen LogP contribution in [0.5, 0.6) is 0 Å². The zero-order valence-corrected chi connectivity index (χ0v) is 19.7. The van der Waals surface area contributed by atoms with Crippen molar-refractivity contribution in [2.24, 2.45) is 11.3 Å². The minimum Gasteiger partial charge on any atom is -0.478 e. The topological polar surface area (TPSA) is 170 Å². The normalized spacial score (nSPS) is 15.1. The third-order valence-corrected chi connectivity index (χ3v) is 5.42. The molecule has 3 atom stereocenters. The van der Waals surface area contributed by atoms with Crippen LogP contribution in [0.4, 0.5) is 0 Å². The number of carbonyl (C=O) groups is 5. The molecule has 32 heavy (non-hydrogen) atoms. The van der Waals surface area contributed by atoms with E-state index in [-0.39, 0.29) is 23.5 Å². The molecule has 0 saturated heterocycles. The lowest BCUT2D eigenvalue weighted by Gasteiger charge is -2.33. The van der Waals surface area contributed by atoms with E-state index in [0.717, 1.165) is 0 Å². The molecule has 3 unspecified atom stereocenters. The van der Waals surface area contributed by atoms with Gasteiger partial charge in [0.25, 0.3) is 11.8 Å². The van der Waals surface area contributed by atoms with Crippen LogP contribution < -0.4 is 10.6 Å². The second-order valence-corrected chi connectivity index (χ2v) is 8.75. The molecule has 0 aromatic rings. The van der Waals surface area contributed by atoms with Crippen LogP contribution in [0.2, 0.25) is 0 Å². The highest BCUT2D eigenvalue weighted by Gasteiger charge is 2.32. The molecule has 182 valence electrons. The van der Waals surface area contributed by atoms with E-state index in [1.807, 2.05) is 6.92 Å². The molecule has 0 aliphatic heterocycles. The van der Waals surface area contributed by atoms with Crippen molar-refractivity contribution in [2.75, 3.05) is 6.54 Å². The second kappa shape index (κ2) is 13.1. The summed E-state index contributed by atoms with van der Waals surface area (Å²) in [5.41, 5.74) is -0.857. The van der Waals surface area contributed by atoms with E-state index in [2.05, 4.69) is 10.6 Å². The predicted molar refractivity (Wildman–Crippen MR) is 116 cm³/mol. The molecular formula is C22H36N2O8. The van der Waals surface area contributed by atoms with E-state index in [0.29, 0.717) is 19.4 Å². The predicted octanol–water partition coefficient (Wildman–Crippen LogP) is 0.700. The lowest BCUT2D eigenvalue weighted by molar-refractivity contribution is -0.142. The Morgan fingerprint density at radius 1 is 0.969 bits per heavy atom. The van der Waals surface area contributed by atoms with Crippen LogP contribution in [0, 0.1) is 11.3 Å². The van der Waals surface area contributed by atoms with E-state index >= 15 is 0 Å². The summed E-state index contributed by atoms with van der Waals surface area (Å²) in [4.78, 5) is 58.0. The van der Waals surface area contributed by atoms with Crippen molar-refractivity contribution < 1.29 is 39.3 Å². The Balaban J connectivity index is 4.74. The Morgan fingerprint density at radius 2 is 1.53 bits per heavy atom. The summed E-state index contributed by atoms with van der Waals surface area (Å²) in [6.45, 7) is 9.84. The third kappa shape index (κ3) is 9.69. The number of rotatable bonds is 14. The molecule has 0 aliphatic rings.